The van der Waals surface area contributed by atoms with Crippen molar-refractivity contribution in [3.8, 4) is 5.75 Å². The number of para-hydroxylation sites is 1. The van der Waals surface area contributed by atoms with Crippen LogP contribution in [0.3, 0.4) is 0 Å². The topological polar surface area (TPSA) is 104 Å². The number of carboxylic acid groups (broad SMARTS) is 2. The molecule has 1 heterocycles. The number of rotatable bonds is 7. The lowest BCUT2D eigenvalue weighted by molar-refractivity contribution is -0.148. The highest BCUT2D eigenvalue weighted by atomic mass is 16.5. The number of benzene rings is 1. The molecule has 124 valence electrons. The molecule has 1 aromatic carbocycles. The van der Waals surface area contributed by atoms with Gasteiger partial charge in [-0.25, -0.2) is 4.79 Å². The Morgan fingerprint density at radius 3 is 2.43 bits per heavy atom. The van der Waals surface area contributed by atoms with E-state index in [0.29, 0.717) is 5.75 Å². The van der Waals surface area contributed by atoms with E-state index in [9.17, 15) is 19.5 Å². The van der Waals surface area contributed by atoms with Gasteiger partial charge >= 0.3 is 11.9 Å². The van der Waals surface area contributed by atoms with E-state index in [1.165, 1.54) is 4.90 Å². The van der Waals surface area contributed by atoms with Crippen LogP contribution in [-0.2, 0) is 14.4 Å². The van der Waals surface area contributed by atoms with Crippen LogP contribution in [0.5, 0.6) is 5.75 Å². The van der Waals surface area contributed by atoms with Crippen LogP contribution >= 0.6 is 0 Å². The van der Waals surface area contributed by atoms with Gasteiger partial charge in [-0.15, -0.1) is 0 Å². The molecule has 1 aliphatic rings. The van der Waals surface area contributed by atoms with Gasteiger partial charge in [0.15, 0.2) is 0 Å². The van der Waals surface area contributed by atoms with Crippen LogP contribution in [0.25, 0.3) is 0 Å². The molecule has 23 heavy (non-hydrogen) atoms. The summed E-state index contributed by atoms with van der Waals surface area (Å²) in [6, 6.07) is 8.09. The number of ether oxygens (including phenoxy) is 1. The van der Waals surface area contributed by atoms with E-state index < -0.39 is 18.0 Å². The van der Waals surface area contributed by atoms with E-state index in [4.69, 9.17) is 9.84 Å². The standard InChI is InChI=1S/C16H19NO6/c18-14(7-4-8-15(19)20)17-10-12(9-13(17)16(21)22)23-11-5-2-1-3-6-11/h1-3,5-6,12-13H,4,7-10H2,(H,19,20)(H,21,22)/t12?,13-/m0/s1. The van der Waals surface area contributed by atoms with Gasteiger partial charge in [0.1, 0.15) is 17.9 Å². The SMILES string of the molecule is O=C(O)CCCC(=O)N1CC(Oc2ccccc2)C[C@H]1C(=O)O. The van der Waals surface area contributed by atoms with Gasteiger partial charge in [-0.2, -0.15) is 0 Å². The summed E-state index contributed by atoms with van der Waals surface area (Å²) in [5, 5.41) is 17.9. The fourth-order valence-corrected chi connectivity index (χ4v) is 2.62. The Hall–Kier alpha value is -2.57. The molecule has 2 rings (SSSR count). The second-order valence-corrected chi connectivity index (χ2v) is 5.44. The first-order valence-corrected chi connectivity index (χ1v) is 7.43. The summed E-state index contributed by atoms with van der Waals surface area (Å²) < 4.78 is 5.73. The molecule has 1 saturated heterocycles. The van der Waals surface area contributed by atoms with Crippen molar-refractivity contribution >= 4 is 17.8 Å². The summed E-state index contributed by atoms with van der Waals surface area (Å²) in [4.78, 5) is 35.3. The van der Waals surface area contributed by atoms with Gasteiger partial charge in [0.25, 0.3) is 0 Å². The lowest BCUT2D eigenvalue weighted by Crippen LogP contribution is -2.40. The molecule has 7 nitrogen and oxygen atoms in total. The van der Waals surface area contributed by atoms with Crippen LogP contribution in [-0.4, -0.2) is 51.6 Å². The van der Waals surface area contributed by atoms with Gasteiger partial charge in [-0.1, -0.05) is 18.2 Å². The van der Waals surface area contributed by atoms with Gasteiger partial charge in [-0.3, -0.25) is 9.59 Å². The van der Waals surface area contributed by atoms with Crippen LogP contribution in [0.4, 0.5) is 0 Å². The van der Waals surface area contributed by atoms with Crippen LogP contribution < -0.4 is 4.74 Å². The number of carbonyl (C=O) groups is 3. The van der Waals surface area contributed by atoms with Crippen LogP contribution in [0.1, 0.15) is 25.7 Å². The summed E-state index contributed by atoms with van der Waals surface area (Å²) in [6.45, 7) is 0.192. The van der Waals surface area contributed by atoms with Gasteiger partial charge in [0.05, 0.1) is 6.54 Å². The van der Waals surface area contributed by atoms with E-state index in [0.717, 1.165) is 0 Å². The van der Waals surface area contributed by atoms with E-state index >= 15 is 0 Å². The second kappa shape index (κ2) is 7.62. The summed E-state index contributed by atoms with van der Waals surface area (Å²) in [5.74, 6) is -1.77. The molecular formula is C16H19NO6. The maximum Gasteiger partial charge on any atom is 0.326 e. The lowest BCUT2D eigenvalue weighted by Gasteiger charge is -2.21. The molecule has 1 aromatic rings. The molecule has 0 aliphatic carbocycles. The monoisotopic (exact) mass is 321 g/mol. The summed E-state index contributed by atoms with van der Waals surface area (Å²) in [6.07, 6.45) is -0.0622. The number of nitrogens with zero attached hydrogens (tertiary/aromatic N) is 1. The van der Waals surface area contributed by atoms with Crippen LogP contribution in [0.15, 0.2) is 30.3 Å². The average Bonchev–Trinajstić information content (AvgIpc) is 2.92. The molecule has 0 saturated carbocycles. The first-order valence-electron chi connectivity index (χ1n) is 7.43. The van der Waals surface area contributed by atoms with Gasteiger partial charge in [0, 0.05) is 19.3 Å². The maximum absolute atomic E-state index is 12.2. The number of carbonyl (C=O) groups excluding carboxylic acids is 1. The van der Waals surface area contributed by atoms with Crippen molar-refractivity contribution in [3.63, 3.8) is 0 Å². The minimum absolute atomic E-state index is 0.0220. The summed E-state index contributed by atoms with van der Waals surface area (Å²) in [7, 11) is 0. The first kappa shape index (κ1) is 16.8. The highest BCUT2D eigenvalue weighted by Gasteiger charge is 2.40. The van der Waals surface area contributed by atoms with Crippen molar-refractivity contribution in [1.29, 1.82) is 0 Å². The molecule has 1 aliphatic heterocycles. The molecule has 2 N–H and O–H groups in total. The Kier molecular flexibility index (Phi) is 5.56. The van der Waals surface area contributed by atoms with Crippen molar-refractivity contribution in [2.24, 2.45) is 0 Å². The summed E-state index contributed by atoms with van der Waals surface area (Å²) >= 11 is 0. The average molecular weight is 321 g/mol. The lowest BCUT2D eigenvalue weighted by atomic mass is 10.2. The van der Waals surface area contributed by atoms with Crippen molar-refractivity contribution < 1.29 is 29.3 Å². The predicted octanol–water partition coefficient (Wildman–Crippen LogP) is 1.37. The van der Waals surface area contributed by atoms with Crippen molar-refractivity contribution in [1.82, 2.24) is 4.90 Å². The smallest absolute Gasteiger partial charge is 0.326 e. The third-order valence-corrected chi connectivity index (χ3v) is 3.70. The predicted molar refractivity (Wildman–Crippen MR) is 80.1 cm³/mol. The molecule has 2 atom stereocenters. The third kappa shape index (κ3) is 4.70. The van der Waals surface area contributed by atoms with E-state index in [2.05, 4.69) is 0 Å². The molecule has 0 bridgehead atoms. The van der Waals surface area contributed by atoms with Gasteiger partial charge in [0.2, 0.25) is 5.91 Å². The van der Waals surface area contributed by atoms with E-state index in [1.807, 2.05) is 18.2 Å². The van der Waals surface area contributed by atoms with Crippen LogP contribution in [0.2, 0.25) is 0 Å². The molecule has 7 heteroatoms. The highest BCUT2D eigenvalue weighted by molar-refractivity contribution is 5.84. The van der Waals surface area contributed by atoms with Crippen LogP contribution in [0, 0.1) is 0 Å². The van der Waals surface area contributed by atoms with Gasteiger partial charge in [-0.05, 0) is 18.6 Å². The minimum atomic E-state index is -1.07. The Bertz CT molecular complexity index is 573. The molecular weight excluding hydrogens is 302 g/mol. The van der Waals surface area contributed by atoms with Crippen molar-refractivity contribution in [3.05, 3.63) is 30.3 Å². The zero-order valence-electron chi connectivity index (χ0n) is 12.6. The normalized spacial score (nSPS) is 20.3. The molecule has 0 spiro atoms. The summed E-state index contributed by atoms with van der Waals surface area (Å²) in [5.41, 5.74) is 0. The quantitative estimate of drug-likeness (QED) is 0.786. The highest BCUT2D eigenvalue weighted by Crippen LogP contribution is 2.24. The number of likely N-dealkylation sites (tertiary alicyclic amines) is 1. The minimum Gasteiger partial charge on any atom is -0.488 e. The molecule has 0 aromatic heterocycles. The van der Waals surface area contributed by atoms with E-state index in [1.54, 1.807) is 12.1 Å². The van der Waals surface area contributed by atoms with Crippen molar-refractivity contribution in [2.45, 2.75) is 37.8 Å². The number of amides is 1. The fraction of sp³-hybridized carbons (Fsp3) is 0.438. The Morgan fingerprint density at radius 1 is 1.13 bits per heavy atom. The van der Waals surface area contributed by atoms with Gasteiger partial charge < -0.3 is 19.8 Å². The molecule has 1 fully saturated rings. The fourth-order valence-electron chi connectivity index (χ4n) is 2.62. The zero-order valence-corrected chi connectivity index (χ0v) is 12.6. The Balaban J connectivity index is 1.96. The maximum atomic E-state index is 12.2. The number of carboxylic acids is 2. The number of hydrogen-bond acceptors (Lipinski definition) is 4. The first-order chi connectivity index (χ1) is 11.0. The second-order valence-electron chi connectivity index (χ2n) is 5.44. The molecule has 1 unspecified atom stereocenters. The van der Waals surface area contributed by atoms with Crippen molar-refractivity contribution in [2.75, 3.05) is 6.54 Å². The largest absolute Gasteiger partial charge is 0.488 e. The zero-order chi connectivity index (χ0) is 16.8. The Labute approximate surface area is 133 Å². The third-order valence-electron chi connectivity index (χ3n) is 3.70. The molecule has 0 radical (unpaired) electrons. The Morgan fingerprint density at radius 2 is 1.83 bits per heavy atom. The number of aliphatic carboxylic acids is 2. The molecule has 1 amide bonds. The van der Waals surface area contributed by atoms with E-state index in [-0.39, 0.29) is 44.2 Å². The number of hydrogen-bond donors (Lipinski definition) is 2.